The monoisotopic (exact) mass is 285 g/mol. The molecule has 1 fully saturated rings. The van der Waals surface area contributed by atoms with Crippen LogP contribution in [0.15, 0.2) is 36.4 Å². The van der Waals surface area contributed by atoms with E-state index in [1.165, 1.54) is 5.56 Å². The van der Waals surface area contributed by atoms with Crippen LogP contribution in [-0.4, -0.2) is 42.7 Å². The van der Waals surface area contributed by atoms with E-state index in [0.717, 1.165) is 17.1 Å². The Labute approximate surface area is 124 Å². The van der Waals surface area contributed by atoms with Gasteiger partial charge in [-0.1, -0.05) is 29.8 Å². The molecule has 110 valence electrons. The van der Waals surface area contributed by atoms with Gasteiger partial charge in [-0.2, -0.15) is 0 Å². The normalized spacial score (nSPS) is 18.4. The zero-order valence-corrected chi connectivity index (χ0v) is 12.1. The lowest BCUT2D eigenvalue weighted by molar-refractivity contribution is -0.0819. The molecule has 2 heterocycles. The second kappa shape index (κ2) is 6.65. The third kappa shape index (κ3) is 3.77. The summed E-state index contributed by atoms with van der Waals surface area (Å²) in [6.07, 6.45) is 0.0809. The maximum Gasteiger partial charge on any atom is 0.148 e. The van der Waals surface area contributed by atoms with E-state index in [1.807, 2.05) is 12.1 Å². The number of anilines is 1. The third-order valence-electron chi connectivity index (χ3n) is 3.41. The van der Waals surface area contributed by atoms with Crippen molar-refractivity contribution in [1.82, 2.24) is 10.2 Å². The number of hydrogen-bond donors (Lipinski definition) is 1. The number of aryl methyl sites for hydroxylation is 1. The molecule has 1 atom stereocenters. The van der Waals surface area contributed by atoms with Gasteiger partial charge >= 0.3 is 0 Å². The Bertz CT molecular complexity index is 563. The Hall–Kier alpha value is -1.98. The number of nitrogens with zero attached hydrogens (tertiary/aromatic N) is 2. The first-order valence-electron chi connectivity index (χ1n) is 7.15. The molecule has 3 rings (SSSR count). The summed E-state index contributed by atoms with van der Waals surface area (Å²) in [5, 5.41) is 11.7. The van der Waals surface area contributed by atoms with Gasteiger partial charge in [-0.25, -0.2) is 0 Å². The van der Waals surface area contributed by atoms with E-state index in [1.54, 1.807) is 0 Å². The van der Waals surface area contributed by atoms with Crippen molar-refractivity contribution in [3.8, 4) is 11.3 Å². The number of nitrogens with one attached hydrogen (secondary N) is 1. The van der Waals surface area contributed by atoms with Crippen LogP contribution in [0.25, 0.3) is 11.3 Å². The molecule has 0 bridgehead atoms. The first kappa shape index (κ1) is 14.0. The maximum atomic E-state index is 5.57. The maximum absolute atomic E-state index is 5.57. The minimum atomic E-state index is 0.0809. The topological polar surface area (TPSA) is 56.3 Å². The van der Waals surface area contributed by atoms with Crippen LogP contribution in [-0.2, 0) is 9.47 Å². The predicted octanol–water partition coefficient (Wildman–Crippen LogP) is 2.28. The van der Waals surface area contributed by atoms with Gasteiger partial charge in [0.1, 0.15) is 5.82 Å². The zero-order chi connectivity index (χ0) is 14.5. The van der Waals surface area contributed by atoms with Gasteiger partial charge in [0.15, 0.2) is 0 Å². The molecule has 5 nitrogen and oxygen atoms in total. The molecule has 0 spiro atoms. The van der Waals surface area contributed by atoms with Crippen molar-refractivity contribution in [2.75, 3.05) is 31.7 Å². The van der Waals surface area contributed by atoms with Crippen LogP contribution < -0.4 is 5.32 Å². The molecule has 0 saturated carbocycles. The van der Waals surface area contributed by atoms with E-state index >= 15 is 0 Å². The third-order valence-corrected chi connectivity index (χ3v) is 3.41. The molecule has 1 N–H and O–H groups in total. The lowest BCUT2D eigenvalue weighted by Gasteiger charge is -2.23. The Kier molecular flexibility index (Phi) is 4.43. The van der Waals surface area contributed by atoms with E-state index < -0.39 is 0 Å². The zero-order valence-electron chi connectivity index (χ0n) is 12.1. The summed E-state index contributed by atoms with van der Waals surface area (Å²) in [6, 6.07) is 12.2. The van der Waals surface area contributed by atoms with E-state index in [2.05, 4.69) is 46.7 Å². The van der Waals surface area contributed by atoms with Gasteiger partial charge in [-0.05, 0) is 19.1 Å². The van der Waals surface area contributed by atoms with Crippen LogP contribution in [0.2, 0.25) is 0 Å². The fraction of sp³-hybridized carbons (Fsp3) is 0.375. The van der Waals surface area contributed by atoms with Crippen molar-refractivity contribution in [2.45, 2.75) is 13.0 Å². The minimum Gasteiger partial charge on any atom is -0.376 e. The second-order valence-corrected chi connectivity index (χ2v) is 5.12. The first-order chi connectivity index (χ1) is 10.3. The standard InChI is InChI=1S/C16H19N3O2/c1-12-2-4-13(5-3-12)15-6-7-16(19-18-15)17-10-14-11-20-8-9-21-14/h2-7,14H,8-11H2,1H3,(H,17,19)/t14-/m1/s1. The van der Waals surface area contributed by atoms with E-state index in [0.29, 0.717) is 26.4 Å². The number of aromatic nitrogens is 2. The highest BCUT2D eigenvalue weighted by Crippen LogP contribution is 2.17. The van der Waals surface area contributed by atoms with Gasteiger partial charge in [-0.15, -0.1) is 10.2 Å². The first-order valence-corrected chi connectivity index (χ1v) is 7.15. The molecular weight excluding hydrogens is 266 g/mol. The Morgan fingerprint density at radius 2 is 1.95 bits per heavy atom. The number of rotatable bonds is 4. The van der Waals surface area contributed by atoms with E-state index in [9.17, 15) is 0 Å². The highest BCUT2D eigenvalue weighted by atomic mass is 16.6. The lowest BCUT2D eigenvalue weighted by Crippen LogP contribution is -2.34. The van der Waals surface area contributed by atoms with Crippen LogP contribution in [0.4, 0.5) is 5.82 Å². The predicted molar refractivity (Wildman–Crippen MR) is 81.3 cm³/mol. The van der Waals surface area contributed by atoms with Crippen LogP contribution in [0.1, 0.15) is 5.56 Å². The molecule has 1 aliphatic heterocycles. The fourth-order valence-electron chi connectivity index (χ4n) is 2.18. The van der Waals surface area contributed by atoms with Crippen LogP contribution in [0.3, 0.4) is 0 Å². The van der Waals surface area contributed by atoms with Crippen molar-refractivity contribution in [1.29, 1.82) is 0 Å². The SMILES string of the molecule is Cc1ccc(-c2ccc(NC[C@@H]3COCCO3)nn2)cc1. The molecular formula is C16H19N3O2. The van der Waals surface area contributed by atoms with Gasteiger partial charge in [0.25, 0.3) is 0 Å². The van der Waals surface area contributed by atoms with Gasteiger partial charge in [0.2, 0.25) is 0 Å². The fourth-order valence-corrected chi connectivity index (χ4v) is 2.18. The molecule has 0 radical (unpaired) electrons. The summed E-state index contributed by atoms with van der Waals surface area (Å²) in [6.45, 7) is 4.71. The largest absolute Gasteiger partial charge is 0.376 e. The van der Waals surface area contributed by atoms with Crippen molar-refractivity contribution < 1.29 is 9.47 Å². The average molecular weight is 285 g/mol. The van der Waals surface area contributed by atoms with Crippen molar-refractivity contribution >= 4 is 5.82 Å². The summed E-state index contributed by atoms with van der Waals surface area (Å²) in [5.41, 5.74) is 3.18. The molecule has 0 amide bonds. The molecule has 1 aromatic carbocycles. The Balaban J connectivity index is 1.59. The smallest absolute Gasteiger partial charge is 0.148 e. The summed E-state index contributed by atoms with van der Waals surface area (Å²) < 4.78 is 10.9. The Morgan fingerprint density at radius 1 is 1.10 bits per heavy atom. The quantitative estimate of drug-likeness (QED) is 0.934. The molecule has 2 aromatic rings. The molecule has 0 aliphatic carbocycles. The molecule has 0 unspecified atom stereocenters. The lowest BCUT2D eigenvalue weighted by atomic mass is 10.1. The average Bonchev–Trinajstić information content (AvgIpc) is 2.55. The highest BCUT2D eigenvalue weighted by Gasteiger charge is 2.14. The summed E-state index contributed by atoms with van der Waals surface area (Å²) >= 11 is 0. The summed E-state index contributed by atoms with van der Waals surface area (Å²) in [7, 11) is 0. The van der Waals surface area contributed by atoms with Gasteiger partial charge in [0.05, 0.1) is 31.6 Å². The van der Waals surface area contributed by atoms with Crippen molar-refractivity contribution in [3.05, 3.63) is 42.0 Å². The second-order valence-electron chi connectivity index (χ2n) is 5.12. The van der Waals surface area contributed by atoms with Crippen molar-refractivity contribution in [3.63, 3.8) is 0 Å². The van der Waals surface area contributed by atoms with Gasteiger partial charge < -0.3 is 14.8 Å². The molecule has 5 heteroatoms. The highest BCUT2D eigenvalue weighted by molar-refractivity contribution is 5.59. The van der Waals surface area contributed by atoms with E-state index in [4.69, 9.17) is 9.47 Å². The summed E-state index contributed by atoms with van der Waals surface area (Å²) in [5.74, 6) is 0.750. The van der Waals surface area contributed by atoms with Crippen LogP contribution >= 0.6 is 0 Å². The summed E-state index contributed by atoms with van der Waals surface area (Å²) in [4.78, 5) is 0. The van der Waals surface area contributed by atoms with Crippen LogP contribution in [0.5, 0.6) is 0 Å². The number of hydrogen-bond acceptors (Lipinski definition) is 5. The minimum absolute atomic E-state index is 0.0809. The molecule has 1 saturated heterocycles. The molecule has 21 heavy (non-hydrogen) atoms. The molecule has 1 aliphatic rings. The van der Waals surface area contributed by atoms with Gasteiger partial charge in [-0.3, -0.25) is 0 Å². The number of benzene rings is 1. The Morgan fingerprint density at radius 3 is 2.62 bits per heavy atom. The number of ether oxygens (including phenoxy) is 2. The van der Waals surface area contributed by atoms with Crippen molar-refractivity contribution in [2.24, 2.45) is 0 Å². The van der Waals surface area contributed by atoms with Gasteiger partial charge in [0, 0.05) is 12.1 Å². The molecule has 1 aromatic heterocycles. The van der Waals surface area contributed by atoms with Crippen LogP contribution in [0, 0.1) is 6.92 Å². The van der Waals surface area contributed by atoms with E-state index in [-0.39, 0.29) is 6.10 Å².